The van der Waals surface area contributed by atoms with Gasteiger partial charge in [0.15, 0.2) is 0 Å². The molecular formula is H56P56. The van der Waals surface area contributed by atoms with Gasteiger partial charge in [-0.2, -0.15) is 0 Å². The van der Waals surface area contributed by atoms with E-state index in [4.69, 9.17) is 0 Å². The fourth-order valence-corrected chi connectivity index (χ4v) is 792. The summed E-state index contributed by atoms with van der Waals surface area (Å²) >= 11 is 0. The van der Waals surface area contributed by atoms with Crippen molar-refractivity contribution in [3.63, 3.8) is 0 Å². The summed E-state index contributed by atoms with van der Waals surface area (Å²) < 4.78 is 0. The summed E-state index contributed by atoms with van der Waals surface area (Å²) in [6.45, 7) is -6.31. The van der Waals surface area contributed by atoms with E-state index >= 15 is 0 Å². The van der Waals surface area contributed by atoms with Crippen molar-refractivity contribution < 1.29 is 0 Å². The summed E-state index contributed by atoms with van der Waals surface area (Å²) in [5.41, 5.74) is 0. The number of rotatable bonds is 26. The second kappa shape index (κ2) is 43.7. The predicted molar refractivity (Wildman–Crippen MR) is 466 cm³/mol. The van der Waals surface area contributed by atoms with E-state index in [9.17, 15) is 0 Å². The average molecular weight is 1790 g/mol. The zero-order valence-corrected chi connectivity index (χ0v) is 86.0. The van der Waals surface area contributed by atoms with E-state index in [1.807, 2.05) is 0 Å². The van der Waals surface area contributed by atoms with Gasteiger partial charge in [-0.1, -0.05) is 17.9 Å². The third kappa shape index (κ3) is 28.3. The van der Waals surface area contributed by atoms with Gasteiger partial charge in [0, 0.05) is 0 Å². The SMILES string of the molecule is [PH]P([PH])P(P)P(P(P)P)P(P(P(P(P)P)P(P)P)P(P(P)P)P(P)P)P(P(P(P(P)P)P(P)P)P(P(P)P)P(P)P)P(P(P(P)P)P(P)P)P(P(P)P)P(P)P. The highest BCUT2D eigenvalue weighted by atomic mass is 33.6. The van der Waals surface area contributed by atoms with Crippen LogP contribution in [0, 0.1) is 0 Å². The molecule has 0 saturated carbocycles. The maximum absolute atomic E-state index is 4.42. The minimum Gasteiger partial charge on any atom is -0.102 e. The van der Waals surface area contributed by atoms with E-state index in [-0.39, 0.29) is 182 Å². The van der Waals surface area contributed by atoms with Crippen LogP contribution in [0.3, 0.4) is 0 Å². The Bertz CT molecular complexity index is 847. The maximum atomic E-state index is 4.42. The Labute approximate surface area is 441 Å². The Hall–Kier alpha value is 24.1. The van der Waals surface area contributed by atoms with Gasteiger partial charge in [0.25, 0.3) is 0 Å². The molecule has 0 bridgehead atoms. The van der Waals surface area contributed by atoms with E-state index < -0.39 is 6.99 Å². The summed E-state index contributed by atoms with van der Waals surface area (Å²) in [4.78, 5) is 0. The van der Waals surface area contributed by atoms with Crippen molar-refractivity contribution >= 4 is 448 Å². The molecule has 0 aliphatic rings. The van der Waals surface area contributed by atoms with Gasteiger partial charge in [-0.05, 0) is 189 Å². The maximum Gasteiger partial charge on any atom is -0.0000127 e. The molecule has 56 heavy (non-hydrogen) atoms. The lowest BCUT2D eigenvalue weighted by atomic mass is 28.4. The number of hydrogen-bond acceptors (Lipinski definition) is 0. The first-order valence-corrected chi connectivity index (χ1v) is 114. The lowest BCUT2D eigenvalue weighted by molar-refractivity contribution is 4.34. The molecule has 0 rings (SSSR count). The standard InChI is InChI=1S/H56P56/c1-30(2)44(29)51(43(27)28)55(52(45(31(3)4)32(5)6)46(33(7)8)34(9)10)56(53(47(35(11)12)36(13)14)48(37(15)16)38(17)18)54(49(39(19)20)40(21)22)50(41(23)24)42(25)26/h1-2H,3-29H2. The first kappa shape index (κ1) is 80.1. The largest absolute Gasteiger partial charge is 0.102 e. The van der Waals surface area contributed by atoms with Crippen LogP contribution >= 0.6 is 448 Å². The van der Waals surface area contributed by atoms with Crippen LogP contribution in [0.2, 0.25) is 0 Å². The lowest BCUT2D eigenvalue weighted by Crippen LogP contribution is -1.72. The molecule has 30 atom stereocenters. The van der Waals surface area contributed by atoms with Crippen molar-refractivity contribution in [2.75, 3.05) is 0 Å². The molecule has 0 aromatic heterocycles. The Morgan fingerprint density at radius 2 is 0.268 bits per heavy atom. The van der Waals surface area contributed by atoms with Crippen molar-refractivity contribution in [1.29, 1.82) is 0 Å². The van der Waals surface area contributed by atoms with Gasteiger partial charge in [-0.15, -0.1) is 241 Å². The zero-order chi connectivity index (χ0) is 44.6. The molecule has 0 nitrogen and oxygen atoms in total. The Morgan fingerprint density at radius 1 is 0.161 bits per heavy atom. The van der Waals surface area contributed by atoms with Crippen LogP contribution in [0.1, 0.15) is 0 Å². The molecule has 0 fully saturated rings. The van der Waals surface area contributed by atoms with Crippen LogP contribution in [-0.2, 0) is 0 Å². The van der Waals surface area contributed by atoms with Crippen molar-refractivity contribution in [2.45, 2.75) is 0 Å². The molecular weight excluding hydrogens is 1730 g/mol. The van der Waals surface area contributed by atoms with Crippen molar-refractivity contribution in [2.24, 2.45) is 0 Å². The molecule has 0 aromatic rings. The van der Waals surface area contributed by atoms with E-state index in [0.29, 0.717) is 0 Å². The summed E-state index contributed by atoms with van der Waals surface area (Å²) in [5.74, 6) is 0. The second-order valence-corrected chi connectivity index (χ2v) is 237. The minimum absolute atomic E-state index is 0.176. The van der Waals surface area contributed by atoms with Crippen LogP contribution in [0.25, 0.3) is 0 Å². The van der Waals surface area contributed by atoms with Crippen LogP contribution in [-0.4, -0.2) is 0 Å². The van der Waals surface area contributed by atoms with E-state index in [1.165, 1.54) is 0 Å². The highest BCUT2D eigenvalue weighted by Crippen LogP contribution is 3.47. The van der Waals surface area contributed by atoms with Crippen LogP contribution in [0.4, 0.5) is 0 Å². The lowest BCUT2D eigenvalue weighted by Gasteiger charge is -2.59. The zero-order valence-electron chi connectivity index (χ0n) is 28.7. The van der Waals surface area contributed by atoms with Gasteiger partial charge < -0.3 is 0 Å². The molecule has 0 heterocycles. The third-order valence-electron chi connectivity index (χ3n) is 4.83. The highest BCUT2D eigenvalue weighted by Gasteiger charge is 2.60. The van der Waals surface area contributed by atoms with Crippen molar-refractivity contribution in [3.8, 4) is 0 Å². The Balaban J connectivity index is 10.2. The minimum atomic E-state index is -0.425. The summed E-state index contributed by atoms with van der Waals surface area (Å²) in [6, 6.07) is 0. The second-order valence-electron chi connectivity index (χ2n) is 8.79. The van der Waals surface area contributed by atoms with Crippen LogP contribution < -0.4 is 0 Å². The quantitative estimate of drug-likeness (QED) is 0.0757. The molecule has 30 unspecified atom stereocenters. The van der Waals surface area contributed by atoms with Gasteiger partial charge in [-0.25, -0.2) is 0 Å². The van der Waals surface area contributed by atoms with E-state index in [0.717, 1.165) is 0 Å². The van der Waals surface area contributed by atoms with Crippen molar-refractivity contribution in [1.82, 2.24) is 0 Å². The normalized spacial score (nSPS) is 16.0. The summed E-state index contributed by atoms with van der Waals surface area (Å²) in [5, 5.41) is 0. The van der Waals surface area contributed by atoms with Crippen molar-refractivity contribution in [3.05, 3.63) is 0 Å². The molecule has 56 heteroatoms. The van der Waals surface area contributed by atoms with Crippen LogP contribution in [0.15, 0.2) is 0 Å². The van der Waals surface area contributed by atoms with Gasteiger partial charge in [0.2, 0.25) is 0 Å². The molecule has 0 N–H and O–H groups in total. The first-order chi connectivity index (χ1) is 25.4. The molecule has 0 aliphatic heterocycles. The fourth-order valence-electron chi connectivity index (χ4n) is 3.26. The Morgan fingerprint density at radius 3 is 0.375 bits per heavy atom. The number of hydrogen-bond donors (Lipinski definition) is 0. The monoisotopic (exact) mass is 1790 g/mol. The Kier molecular flexibility index (Phi) is 62.4. The molecule has 336 valence electrons. The predicted octanol–water partition coefficient (Wildman–Crippen LogP) is 33.2. The van der Waals surface area contributed by atoms with Gasteiger partial charge >= 0.3 is 0 Å². The highest BCUT2D eigenvalue weighted by molar-refractivity contribution is 9.53. The topological polar surface area (TPSA) is 0 Å². The van der Waals surface area contributed by atoms with Crippen LogP contribution in [0.5, 0.6) is 0 Å². The third-order valence-corrected chi connectivity index (χ3v) is 392. The molecule has 0 aliphatic carbocycles. The van der Waals surface area contributed by atoms with E-state index in [2.05, 4.69) is 259 Å². The average Bonchev–Trinajstić information content (AvgIpc) is 2.97. The summed E-state index contributed by atoms with van der Waals surface area (Å²) in [6.07, 6.45) is 0. The van der Waals surface area contributed by atoms with Gasteiger partial charge in [0.1, 0.15) is 0 Å². The van der Waals surface area contributed by atoms with Gasteiger partial charge in [-0.3, -0.25) is 0 Å². The molecule has 0 spiro atoms. The first-order valence-electron chi connectivity index (χ1n) is 12.6. The molecule has 0 amide bonds. The summed E-state index contributed by atoms with van der Waals surface area (Å²) in [7, 11) is 104. The molecule has 0 saturated heterocycles. The van der Waals surface area contributed by atoms with E-state index in [1.54, 1.807) is 0 Å². The van der Waals surface area contributed by atoms with Gasteiger partial charge in [0.05, 0.1) is 0 Å². The fraction of sp³-hybridized carbons (Fsp3) is 0. The smallest absolute Gasteiger partial charge is 0.0000127 e. The molecule has 2 radical (unpaired) electrons. The molecule has 0 aromatic carbocycles.